The third-order valence-electron chi connectivity index (χ3n) is 22.7. The van der Waals surface area contributed by atoms with Crippen molar-refractivity contribution in [1.29, 1.82) is 0 Å². The summed E-state index contributed by atoms with van der Waals surface area (Å²) < 4.78 is 7.20. The highest BCUT2D eigenvalue weighted by molar-refractivity contribution is 7.00. The predicted molar refractivity (Wildman–Crippen MR) is 339 cm³/mol. The maximum Gasteiger partial charge on any atom is 0.252 e. The number of rotatable bonds is 3. The summed E-state index contributed by atoms with van der Waals surface area (Å²) in [5, 5.41) is 2.29. The summed E-state index contributed by atoms with van der Waals surface area (Å²) in [4.78, 5) is 8.27. The van der Waals surface area contributed by atoms with Crippen LogP contribution in [0.5, 0.6) is 0 Å². The van der Waals surface area contributed by atoms with Crippen LogP contribution in [-0.4, -0.2) is 12.3 Å². The number of benzene rings is 8. The molecule has 80 heavy (non-hydrogen) atoms. The minimum absolute atomic E-state index is 0.00313. The van der Waals surface area contributed by atoms with Crippen molar-refractivity contribution in [2.75, 3.05) is 14.7 Å². The summed E-state index contributed by atoms with van der Waals surface area (Å²) in [6.07, 6.45) is 9.40. The zero-order valence-electron chi connectivity index (χ0n) is 49.3. The normalized spacial score (nSPS) is 23.4. The number of nitrogens with zero attached hydrogens (tertiary/aromatic N) is 3. The maximum absolute atomic E-state index is 7.20. The molecule has 1 saturated carbocycles. The topological polar surface area (TPSA) is 22.9 Å². The summed E-state index contributed by atoms with van der Waals surface area (Å²) in [5.74, 6) is 0. The van der Waals surface area contributed by atoms with E-state index in [1.54, 1.807) is 0 Å². The molecule has 3 aliphatic heterocycles. The van der Waals surface area contributed by atoms with E-state index < -0.39 is 0 Å². The first kappa shape index (κ1) is 48.9. The van der Waals surface area contributed by atoms with Gasteiger partial charge in [-0.05, 0) is 188 Å². The van der Waals surface area contributed by atoms with Crippen LogP contribution in [0.15, 0.2) is 150 Å². The standard InChI is InChI=1S/C75H76BN3O/c1-69(2)34-35-70(3,4)55-38-45(30-31-52(55)69)77-63-44-57-56(71(5,6)36-37-72(57,7)8)43-59(63)76-58-42-54-50(47-22-13-15-25-51(47)73(54,9)10)41-62(58)78(61-28-21-24-49-48-23-14-18-29-66(48)80-68(49)61)65-40-46(39-64(77)67(65)76)79-60-27-17-16-26-53(60)74(11)32-19-20-33-75(74,79)12/h13-18,21-31,38-44H,19-20,32-37H2,1-12H3. The second kappa shape index (κ2) is 15.7. The van der Waals surface area contributed by atoms with Crippen molar-refractivity contribution in [2.45, 2.75) is 172 Å². The Morgan fingerprint density at radius 3 is 1.71 bits per heavy atom. The van der Waals surface area contributed by atoms with Crippen molar-refractivity contribution in [3.63, 3.8) is 0 Å². The van der Waals surface area contributed by atoms with E-state index in [4.69, 9.17) is 4.42 Å². The monoisotopic (exact) mass is 1050 g/mol. The number of hydrogen-bond donors (Lipinski definition) is 0. The number of hydrogen-bond acceptors (Lipinski definition) is 4. The van der Waals surface area contributed by atoms with E-state index in [0.717, 1.165) is 53.3 Å². The highest BCUT2D eigenvalue weighted by Gasteiger charge is 2.58. The van der Waals surface area contributed by atoms with Gasteiger partial charge < -0.3 is 19.1 Å². The lowest BCUT2D eigenvalue weighted by atomic mass is 9.33. The molecular formula is C75H76BN3O. The van der Waals surface area contributed by atoms with Gasteiger partial charge in [0.2, 0.25) is 0 Å². The highest BCUT2D eigenvalue weighted by Crippen LogP contribution is 2.63. The van der Waals surface area contributed by atoms with Crippen molar-refractivity contribution in [2.24, 2.45) is 0 Å². The Balaban J connectivity index is 1.08. The molecular weight excluding hydrogens is 970 g/mol. The fraction of sp³-hybridized carbons (Fsp3) is 0.360. The van der Waals surface area contributed by atoms with Crippen LogP contribution < -0.4 is 31.1 Å². The average molecular weight is 1050 g/mol. The van der Waals surface area contributed by atoms with Gasteiger partial charge in [-0.3, -0.25) is 0 Å². The van der Waals surface area contributed by atoms with Crippen molar-refractivity contribution < 1.29 is 4.42 Å². The average Bonchev–Trinajstić information content (AvgIpc) is 2.69. The minimum Gasteiger partial charge on any atom is -0.454 e. The molecule has 0 N–H and O–H groups in total. The smallest absolute Gasteiger partial charge is 0.252 e. The first-order chi connectivity index (χ1) is 38.1. The van der Waals surface area contributed by atoms with Gasteiger partial charge in [0.25, 0.3) is 6.71 Å². The number of fused-ring (bicyclic) bond motifs is 15. The van der Waals surface area contributed by atoms with E-state index in [-0.39, 0.29) is 44.7 Å². The first-order valence-electron chi connectivity index (χ1n) is 30.3. The Morgan fingerprint density at radius 1 is 0.388 bits per heavy atom. The minimum atomic E-state index is -0.197. The zero-order chi connectivity index (χ0) is 55.0. The Kier molecular flexibility index (Phi) is 9.61. The molecule has 4 aliphatic carbocycles. The van der Waals surface area contributed by atoms with Crippen LogP contribution in [0.4, 0.5) is 45.5 Å². The quantitative estimate of drug-likeness (QED) is 0.165. The summed E-state index contributed by atoms with van der Waals surface area (Å²) >= 11 is 0. The Morgan fingerprint density at radius 2 is 0.963 bits per heavy atom. The van der Waals surface area contributed by atoms with E-state index in [9.17, 15) is 0 Å². The lowest BCUT2D eigenvalue weighted by Gasteiger charge is -2.51. The molecule has 4 nitrogen and oxygen atoms in total. The molecule has 5 heteroatoms. The van der Waals surface area contributed by atoms with E-state index >= 15 is 0 Å². The predicted octanol–water partition coefficient (Wildman–Crippen LogP) is 18.4. The van der Waals surface area contributed by atoms with E-state index in [0.29, 0.717) is 0 Å². The Labute approximate surface area is 475 Å². The molecule has 2 atom stereocenters. The molecule has 9 aromatic rings. The van der Waals surface area contributed by atoms with Gasteiger partial charge in [-0.1, -0.05) is 180 Å². The highest BCUT2D eigenvalue weighted by atomic mass is 16.3. The summed E-state index contributed by atoms with van der Waals surface area (Å²) in [7, 11) is 0. The second-order valence-corrected chi connectivity index (χ2v) is 29.3. The number of anilines is 8. The molecule has 1 fully saturated rings. The van der Waals surface area contributed by atoms with Crippen molar-refractivity contribution >= 4 is 90.5 Å². The molecule has 2 unspecified atom stereocenters. The second-order valence-electron chi connectivity index (χ2n) is 29.3. The lowest BCUT2D eigenvalue weighted by molar-refractivity contribution is 0.195. The van der Waals surface area contributed by atoms with Gasteiger partial charge in [-0.15, -0.1) is 0 Å². The molecule has 0 spiro atoms. The van der Waals surface area contributed by atoms with Gasteiger partial charge in [0.1, 0.15) is 5.58 Å². The van der Waals surface area contributed by atoms with Gasteiger partial charge >= 0.3 is 0 Å². The van der Waals surface area contributed by atoms with Crippen LogP contribution in [-0.2, 0) is 32.5 Å². The molecule has 0 saturated heterocycles. The Hall–Kier alpha value is -6.98. The van der Waals surface area contributed by atoms with E-state index in [1.165, 1.54) is 132 Å². The first-order valence-corrected chi connectivity index (χ1v) is 30.3. The summed E-state index contributed by atoms with van der Waals surface area (Å²) in [5.41, 5.74) is 28.6. The van der Waals surface area contributed by atoms with Crippen LogP contribution in [0.1, 0.15) is 173 Å². The molecule has 1 aromatic heterocycles. The van der Waals surface area contributed by atoms with E-state index in [2.05, 4.69) is 243 Å². The Bertz CT molecular complexity index is 4210. The number of furan rings is 1. The molecule has 4 heterocycles. The van der Waals surface area contributed by atoms with Crippen LogP contribution in [0, 0.1) is 0 Å². The summed E-state index contributed by atoms with van der Waals surface area (Å²) in [6, 6.07) is 57.8. The summed E-state index contributed by atoms with van der Waals surface area (Å²) in [6.45, 7) is 30.0. The van der Waals surface area contributed by atoms with Gasteiger partial charge in [-0.25, -0.2) is 0 Å². The van der Waals surface area contributed by atoms with Crippen LogP contribution in [0.25, 0.3) is 33.1 Å². The van der Waals surface area contributed by atoms with E-state index in [1.807, 2.05) is 0 Å². The third kappa shape index (κ3) is 6.20. The van der Waals surface area contributed by atoms with Crippen LogP contribution in [0.2, 0.25) is 0 Å². The van der Waals surface area contributed by atoms with Crippen LogP contribution in [0.3, 0.4) is 0 Å². The third-order valence-corrected chi connectivity index (χ3v) is 22.7. The fourth-order valence-corrected chi connectivity index (χ4v) is 17.6. The van der Waals surface area contributed by atoms with Gasteiger partial charge in [-0.2, -0.15) is 0 Å². The molecule has 0 radical (unpaired) electrons. The molecule has 16 rings (SSSR count). The SMILES string of the molecule is CC1(C)CCC(C)(C)c2cc(N3c4cc5c(cc4B4c6cc7c(cc6N(c6cccc8c6oc6ccccc68)c6cc(N8c9ccccc9C9(C)CCCCC89C)cc3c64)-c3ccccc3C7(C)C)C(C)(C)CCC5(C)C)ccc21. The molecule has 400 valence electrons. The molecule has 0 bridgehead atoms. The van der Waals surface area contributed by atoms with Gasteiger partial charge in [0, 0.05) is 61.4 Å². The molecule has 8 aromatic carbocycles. The largest absolute Gasteiger partial charge is 0.454 e. The van der Waals surface area contributed by atoms with Crippen LogP contribution >= 0.6 is 0 Å². The van der Waals surface area contributed by atoms with Gasteiger partial charge in [0.05, 0.1) is 11.2 Å². The van der Waals surface area contributed by atoms with Crippen molar-refractivity contribution in [3.05, 3.63) is 185 Å². The fourth-order valence-electron chi connectivity index (χ4n) is 17.6. The number of para-hydroxylation sites is 3. The lowest BCUT2D eigenvalue weighted by Crippen LogP contribution is -2.62. The van der Waals surface area contributed by atoms with Crippen molar-refractivity contribution in [1.82, 2.24) is 0 Å². The molecule has 0 amide bonds. The van der Waals surface area contributed by atoms with Crippen molar-refractivity contribution in [3.8, 4) is 11.1 Å². The molecule has 7 aliphatic rings. The maximum atomic E-state index is 7.20. The van der Waals surface area contributed by atoms with Gasteiger partial charge in [0.15, 0.2) is 5.58 Å². The zero-order valence-corrected chi connectivity index (χ0v) is 49.3.